The van der Waals surface area contributed by atoms with Crippen LogP contribution in [0.3, 0.4) is 0 Å². The van der Waals surface area contributed by atoms with E-state index >= 15 is 0 Å². The van der Waals surface area contributed by atoms with Crippen LogP contribution in [0.4, 0.5) is 4.79 Å². The normalized spacial score (nSPS) is 10.8. The summed E-state index contributed by atoms with van der Waals surface area (Å²) in [5.41, 5.74) is 1.34. The summed E-state index contributed by atoms with van der Waals surface area (Å²) in [6, 6.07) is 9.58. The Morgan fingerprint density at radius 3 is 2.48 bits per heavy atom. The highest BCUT2D eigenvalue weighted by molar-refractivity contribution is 5.67. The van der Waals surface area contributed by atoms with Gasteiger partial charge in [-0.1, -0.05) is 12.1 Å². The quantitative estimate of drug-likeness (QED) is 0.789. The molecule has 0 bridgehead atoms. The zero-order valence-electron chi connectivity index (χ0n) is 12.9. The largest absolute Gasteiger partial charge is 0.444 e. The van der Waals surface area contributed by atoms with Gasteiger partial charge in [-0.15, -0.1) is 0 Å². The molecule has 0 radical (unpaired) electrons. The molecule has 0 fully saturated rings. The smallest absolute Gasteiger partial charge is 0.407 e. The molecule has 0 aliphatic rings. The molecule has 1 aromatic rings. The molecule has 1 aromatic carbocycles. The molecule has 0 atom stereocenters. The molecule has 21 heavy (non-hydrogen) atoms. The van der Waals surface area contributed by atoms with Crippen LogP contribution >= 0.6 is 0 Å². The number of hydrogen-bond donors (Lipinski definition) is 2. The number of hydrogen-bond acceptors (Lipinski definition) is 4. The Labute approximate surface area is 126 Å². The van der Waals surface area contributed by atoms with Gasteiger partial charge in [0, 0.05) is 13.1 Å². The lowest BCUT2D eigenvalue weighted by Gasteiger charge is -2.19. The minimum Gasteiger partial charge on any atom is -0.444 e. The van der Waals surface area contributed by atoms with Gasteiger partial charge in [-0.2, -0.15) is 5.26 Å². The summed E-state index contributed by atoms with van der Waals surface area (Å²) in [7, 11) is 0. The summed E-state index contributed by atoms with van der Waals surface area (Å²) in [6.07, 6.45) is 0.449. The van der Waals surface area contributed by atoms with Gasteiger partial charge < -0.3 is 15.4 Å². The lowest BCUT2D eigenvalue weighted by Crippen LogP contribution is -2.33. The summed E-state index contributed by atoms with van der Waals surface area (Å²) < 4.78 is 5.14. The third-order valence-electron chi connectivity index (χ3n) is 2.61. The molecule has 0 aliphatic carbocycles. The standard InChI is InChI=1S/C16H23N3O2/c1-16(2,3)21-15(20)19-10-4-9-18-12-14-7-5-13(11-17)6-8-14/h5-8,18H,4,9-10,12H2,1-3H3,(H,19,20). The highest BCUT2D eigenvalue weighted by Crippen LogP contribution is 2.06. The molecule has 1 rings (SSSR count). The average Bonchev–Trinajstić information content (AvgIpc) is 2.41. The van der Waals surface area contributed by atoms with Crippen molar-refractivity contribution >= 4 is 6.09 Å². The lowest BCUT2D eigenvalue weighted by atomic mass is 10.1. The molecule has 114 valence electrons. The van der Waals surface area contributed by atoms with Crippen LogP contribution < -0.4 is 10.6 Å². The van der Waals surface area contributed by atoms with Crippen molar-refractivity contribution in [3.05, 3.63) is 35.4 Å². The molecular formula is C16H23N3O2. The maximum atomic E-state index is 11.4. The Kier molecular flexibility index (Phi) is 6.70. The van der Waals surface area contributed by atoms with E-state index in [9.17, 15) is 4.79 Å². The van der Waals surface area contributed by atoms with Gasteiger partial charge in [0.25, 0.3) is 0 Å². The summed E-state index contributed by atoms with van der Waals surface area (Å²) in [5, 5.41) is 14.7. The van der Waals surface area contributed by atoms with E-state index in [1.165, 1.54) is 0 Å². The van der Waals surface area contributed by atoms with Crippen LogP contribution in [0.5, 0.6) is 0 Å². The van der Waals surface area contributed by atoms with Crippen LogP contribution in [0.15, 0.2) is 24.3 Å². The number of rotatable bonds is 6. The van der Waals surface area contributed by atoms with Gasteiger partial charge >= 0.3 is 6.09 Å². The third kappa shape index (κ3) is 7.95. The van der Waals surface area contributed by atoms with Crippen molar-refractivity contribution in [1.29, 1.82) is 5.26 Å². The van der Waals surface area contributed by atoms with Gasteiger partial charge in [0.2, 0.25) is 0 Å². The maximum Gasteiger partial charge on any atom is 0.407 e. The fourth-order valence-electron chi connectivity index (χ4n) is 1.65. The van der Waals surface area contributed by atoms with Crippen LogP contribution in [0.2, 0.25) is 0 Å². The Morgan fingerprint density at radius 1 is 1.24 bits per heavy atom. The van der Waals surface area contributed by atoms with E-state index in [1.54, 1.807) is 12.1 Å². The number of carbonyl (C=O) groups is 1. The van der Waals surface area contributed by atoms with Crippen LogP contribution in [0.1, 0.15) is 38.3 Å². The van der Waals surface area contributed by atoms with Gasteiger partial charge in [-0.25, -0.2) is 4.79 Å². The van der Waals surface area contributed by atoms with Crippen molar-refractivity contribution in [2.75, 3.05) is 13.1 Å². The molecular weight excluding hydrogens is 266 g/mol. The first-order valence-electron chi connectivity index (χ1n) is 7.07. The molecule has 2 N–H and O–H groups in total. The number of ether oxygens (including phenoxy) is 1. The number of alkyl carbamates (subject to hydrolysis) is 1. The van der Waals surface area contributed by atoms with Crippen LogP contribution in [-0.4, -0.2) is 24.8 Å². The van der Waals surface area contributed by atoms with E-state index in [0.29, 0.717) is 12.1 Å². The minimum absolute atomic E-state index is 0.380. The van der Waals surface area contributed by atoms with Crippen LogP contribution in [0, 0.1) is 11.3 Å². The number of nitrogens with one attached hydrogen (secondary N) is 2. The number of nitriles is 1. The molecule has 5 nitrogen and oxygen atoms in total. The summed E-state index contributed by atoms with van der Waals surface area (Å²) >= 11 is 0. The van der Waals surface area contributed by atoms with Crippen molar-refractivity contribution in [2.45, 2.75) is 39.3 Å². The van der Waals surface area contributed by atoms with E-state index in [2.05, 4.69) is 16.7 Å². The van der Waals surface area contributed by atoms with Gasteiger partial charge in [-0.3, -0.25) is 0 Å². The fraction of sp³-hybridized carbons (Fsp3) is 0.500. The number of carbonyl (C=O) groups excluding carboxylic acids is 1. The maximum absolute atomic E-state index is 11.4. The second-order valence-corrected chi connectivity index (χ2v) is 5.77. The van der Waals surface area contributed by atoms with Crippen molar-refractivity contribution in [3.63, 3.8) is 0 Å². The minimum atomic E-state index is -0.460. The molecule has 0 unspecified atom stereocenters. The highest BCUT2D eigenvalue weighted by atomic mass is 16.6. The first kappa shape index (κ1) is 17.0. The summed E-state index contributed by atoms with van der Waals surface area (Å²) in [4.78, 5) is 11.4. The fourth-order valence-corrected chi connectivity index (χ4v) is 1.65. The second kappa shape index (κ2) is 8.28. The highest BCUT2D eigenvalue weighted by Gasteiger charge is 2.15. The predicted octanol–water partition coefficient (Wildman–Crippen LogP) is 2.56. The zero-order chi connectivity index (χ0) is 15.7. The van der Waals surface area contributed by atoms with Crippen LogP contribution in [-0.2, 0) is 11.3 Å². The van der Waals surface area contributed by atoms with E-state index in [1.807, 2.05) is 32.9 Å². The summed E-state index contributed by atoms with van der Waals surface area (Å²) in [5.74, 6) is 0. The molecule has 0 saturated heterocycles. The van der Waals surface area contributed by atoms with Crippen molar-refractivity contribution < 1.29 is 9.53 Å². The van der Waals surface area contributed by atoms with Crippen molar-refractivity contribution in [1.82, 2.24) is 10.6 Å². The molecule has 5 heteroatoms. The van der Waals surface area contributed by atoms with Gasteiger partial charge in [0.1, 0.15) is 5.60 Å². The molecule has 0 saturated carbocycles. The summed E-state index contributed by atoms with van der Waals surface area (Å²) in [6.45, 7) is 7.65. The number of nitrogens with zero attached hydrogens (tertiary/aromatic N) is 1. The molecule has 0 spiro atoms. The van der Waals surface area contributed by atoms with Crippen molar-refractivity contribution in [3.8, 4) is 6.07 Å². The average molecular weight is 289 g/mol. The number of benzene rings is 1. The number of amides is 1. The molecule has 1 amide bonds. The first-order valence-corrected chi connectivity index (χ1v) is 7.07. The second-order valence-electron chi connectivity index (χ2n) is 5.77. The van der Waals surface area contributed by atoms with Crippen LogP contribution in [0.25, 0.3) is 0 Å². The first-order chi connectivity index (χ1) is 9.90. The van der Waals surface area contributed by atoms with Gasteiger partial charge in [0.15, 0.2) is 0 Å². The van der Waals surface area contributed by atoms with E-state index in [4.69, 9.17) is 10.00 Å². The molecule has 0 aromatic heterocycles. The predicted molar refractivity (Wildman–Crippen MR) is 81.7 cm³/mol. The zero-order valence-corrected chi connectivity index (χ0v) is 12.9. The van der Waals surface area contributed by atoms with Crippen molar-refractivity contribution in [2.24, 2.45) is 0 Å². The Bertz CT molecular complexity index is 484. The van der Waals surface area contributed by atoms with Gasteiger partial charge in [0.05, 0.1) is 11.6 Å². The third-order valence-corrected chi connectivity index (χ3v) is 2.61. The van der Waals surface area contributed by atoms with E-state index in [0.717, 1.165) is 25.1 Å². The molecule has 0 aliphatic heterocycles. The Hall–Kier alpha value is -2.06. The SMILES string of the molecule is CC(C)(C)OC(=O)NCCCNCc1ccc(C#N)cc1. The van der Waals surface area contributed by atoms with Gasteiger partial charge in [-0.05, 0) is 51.4 Å². The Balaban J connectivity index is 2.09. The lowest BCUT2D eigenvalue weighted by molar-refractivity contribution is 0.0527. The topological polar surface area (TPSA) is 74.2 Å². The Morgan fingerprint density at radius 2 is 1.90 bits per heavy atom. The van der Waals surface area contributed by atoms with E-state index in [-0.39, 0.29) is 6.09 Å². The molecule has 0 heterocycles. The monoisotopic (exact) mass is 289 g/mol. The van der Waals surface area contributed by atoms with E-state index < -0.39 is 5.60 Å².